The first-order chi connectivity index (χ1) is 13.1. The van der Waals surface area contributed by atoms with Gasteiger partial charge in [-0.05, 0) is 43.5 Å². The van der Waals surface area contributed by atoms with Crippen molar-refractivity contribution < 1.29 is 9.21 Å². The molecule has 7 heteroatoms. The Morgan fingerprint density at radius 3 is 2.59 bits per heavy atom. The first-order valence-corrected chi connectivity index (χ1v) is 9.93. The second-order valence-corrected chi connectivity index (χ2v) is 8.00. The molecule has 0 radical (unpaired) electrons. The van der Waals surface area contributed by atoms with Crippen LogP contribution in [0.3, 0.4) is 0 Å². The van der Waals surface area contributed by atoms with Gasteiger partial charge in [-0.25, -0.2) is 0 Å². The van der Waals surface area contributed by atoms with Crippen molar-refractivity contribution in [2.24, 2.45) is 5.92 Å². The van der Waals surface area contributed by atoms with Crippen molar-refractivity contribution >= 4 is 17.7 Å². The number of carbonyl (C=O) groups excluding carboxylic acids is 1. The van der Waals surface area contributed by atoms with Gasteiger partial charge in [-0.2, -0.15) is 0 Å². The monoisotopic (exact) mass is 384 g/mol. The lowest BCUT2D eigenvalue weighted by atomic mass is 10.1. The summed E-state index contributed by atoms with van der Waals surface area (Å²) in [6.07, 6.45) is 2.57. The maximum atomic E-state index is 12.4. The fourth-order valence-corrected chi connectivity index (χ4v) is 3.45. The second-order valence-electron chi connectivity index (χ2n) is 6.69. The third-order valence-corrected chi connectivity index (χ3v) is 5.10. The van der Waals surface area contributed by atoms with Gasteiger partial charge in [-0.1, -0.05) is 43.8 Å². The number of hydrogen-bond donors (Lipinski definition) is 1. The van der Waals surface area contributed by atoms with E-state index in [-0.39, 0.29) is 11.2 Å². The minimum atomic E-state index is -0.284. The summed E-state index contributed by atoms with van der Waals surface area (Å²) in [5, 5.41) is 12.0. The minimum Gasteiger partial charge on any atom is -0.461 e. The quantitative estimate of drug-likeness (QED) is 0.590. The molecule has 2 aromatic heterocycles. The van der Waals surface area contributed by atoms with Gasteiger partial charge in [-0.15, -0.1) is 10.2 Å². The van der Waals surface area contributed by atoms with Gasteiger partial charge < -0.3 is 9.73 Å². The highest BCUT2D eigenvalue weighted by Crippen LogP contribution is 2.30. The van der Waals surface area contributed by atoms with Crippen molar-refractivity contribution in [1.82, 2.24) is 20.1 Å². The van der Waals surface area contributed by atoms with Gasteiger partial charge in [0.05, 0.1) is 11.5 Å². The number of amides is 1. The Labute approximate surface area is 163 Å². The van der Waals surface area contributed by atoms with Gasteiger partial charge in [-0.3, -0.25) is 9.36 Å². The van der Waals surface area contributed by atoms with E-state index in [2.05, 4.69) is 29.4 Å². The lowest BCUT2D eigenvalue weighted by molar-refractivity contribution is -0.120. The number of nitrogens with zero attached hydrogens (tertiary/aromatic N) is 3. The molecule has 6 nitrogen and oxygen atoms in total. The van der Waals surface area contributed by atoms with Crippen LogP contribution >= 0.6 is 11.8 Å². The molecule has 1 aromatic carbocycles. The highest BCUT2D eigenvalue weighted by atomic mass is 32.2. The van der Waals surface area contributed by atoms with Crippen molar-refractivity contribution in [1.29, 1.82) is 0 Å². The number of nitrogens with one attached hydrogen (secondary N) is 1. The van der Waals surface area contributed by atoms with E-state index in [0.717, 1.165) is 12.1 Å². The third kappa shape index (κ3) is 4.80. The molecule has 0 bridgehead atoms. The van der Waals surface area contributed by atoms with Crippen LogP contribution in [-0.4, -0.2) is 32.5 Å². The van der Waals surface area contributed by atoms with Crippen molar-refractivity contribution in [2.45, 2.75) is 37.6 Å². The predicted molar refractivity (Wildman–Crippen MR) is 107 cm³/mol. The largest absolute Gasteiger partial charge is 0.461 e. The van der Waals surface area contributed by atoms with Gasteiger partial charge in [0.1, 0.15) is 0 Å². The zero-order valence-corrected chi connectivity index (χ0v) is 16.6. The normalized spacial score (nSPS) is 12.3. The van der Waals surface area contributed by atoms with E-state index in [4.69, 9.17) is 4.42 Å². The maximum absolute atomic E-state index is 12.4. The molecule has 1 amide bonds. The number of carbonyl (C=O) groups is 1. The summed E-state index contributed by atoms with van der Waals surface area (Å²) in [6.45, 7) is 6.85. The molecule has 0 aliphatic carbocycles. The van der Waals surface area contributed by atoms with Crippen molar-refractivity contribution in [3.63, 3.8) is 0 Å². The molecule has 0 saturated heterocycles. The summed E-state index contributed by atoms with van der Waals surface area (Å²) in [6, 6.07) is 13.5. The molecule has 1 N–H and O–H groups in total. The molecule has 142 valence electrons. The number of aromatic nitrogens is 3. The van der Waals surface area contributed by atoms with Crippen LogP contribution in [0.25, 0.3) is 17.3 Å². The second kappa shape index (κ2) is 8.90. The van der Waals surface area contributed by atoms with E-state index < -0.39 is 0 Å². The first-order valence-electron chi connectivity index (χ1n) is 9.05. The highest BCUT2D eigenvalue weighted by Gasteiger charge is 2.22. The van der Waals surface area contributed by atoms with Crippen molar-refractivity contribution in [3.8, 4) is 17.3 Å². The van der Waals surface area contributed by atoms with Gasteiger partial charge in [0, 0.05) is 12.2 Å². The van der Waals surface area contributed by atoms with Crippen LogP contribution < -0.4 is 5.32 Å². The molecule has 1 unspecified atom stereocenters. The Kier molecular flexibility index (Phi) is 6.34. The fraction of sp³-hybridized carbons (Fsp3) is 0.350. The number of furan rings is 1. The lowest BCUT2D eigenvalue weighted by Gasteiger charge is -2.14. The molecule has 0 spiro atoms. The van der Waals surface area contributed by atoms with Gasteiger partial charge >= 0.3 is 0 Å². The summed E-state index contributed by atoms with van der Waals surface area (Å²) in [7, 11) is 0. The molecule has 0 aliphatic heterocycles. The van der Waals surface area contributed by atoms with E-state index >= 15 is 0 Å². The van der Waals surface area contributed by atoms with Crippen LogP contribution in [0, 0.1) is 5.92 Å². The zero-order chi connectivity index (χ0) is 19.2. The van der Waals surface area contributed by atoms with E-state index in [1.54, 1.807) is 6.26 Å². The Hall–Kier alpha value is -2.54. The Balaban J connectivity index is 1.82. The number of para-hydroxylation sites is 1. The average Bonchev–Trinajstić information content (AvgIpc) is 3.31. The smallest absolute Gasteiger partial charge is 0.233 e. The van der Waals surface area contributed by atoms with Crippen LogP contribution in [0.5, 0.6) is 0 Å². The summed E-state index contributed by atoms with van der Waals surface area (Å²) < 4.78 is 7.43. The highest BCUT2D eigenvalue weighted by molar-refractivity contribution is 8.00. The number of rotatable bonds is 8. The molecular formula is C20H24N4O2S. The SMILES string of the molecule is CC(C)CCNC(=O)C(C)Sc1nnc(-c2ccco2)n1-c1ccccc1. The Morgan fingerprint density at radius 1 is 1.15 bits per heavy atom. The fourth-order valence-electron chi connectivity index (χ4n) is 2.56. The number of hydrogen-bond acceptors (Lipinski definition) is 5. The van der Waals surface area contributed by atoms with Gasteiger partial charge in [0.25, 0.3) is 0 Å². The van der Waals surface area contributed by atoms with Crippen molar-refractivity contribution in [3.05, 3.63) is 48.7 Å². The molecule has 2 heterocycles. The maximum Gasteiger partial charge on any atom is 0.233 e. The summed E-state index contributed by atoms with van der Waals surface area (Å²) in [5.74, 6) is 1.81. The summed E-state index contributed by atoms with van der Waals surface area (Å²) >= 11 is 1.39. The third-order valence-electron chi connectivity index (χ3n) is 4.06. The molecule has 1 atom stereocenters. The lowest BCUT2D eigenvalue weighted by Crippen LogP contribution is -2.32. The van der Waals surface area contributed by atoms with Crippen molar-refractivity contribution in [2.75, 3.05) is 6.54 Å². The molecule has 3 rings (SSSR count). The number of thioether (sulfide) groups is 1. The van der Waals surface area contributed by atoms with E-state index in [0.29, 0.717) is 29.2 Å². The van der Waals surface area contributed by atoms with Crippen LogP contribution in [0.4, 0.5) is 0 Å². The summed E-state index contributed by atoms with van der Waals surface area (Å²) in [4.78, 5) is 12.4. The molecule has 0 saturated carbocycles. The first kappa shape index (κ1) is 19.2. The molecule has 0 aliphatic rings. The van der Waals surface area contributed by atoms with E-state index in [1.807, 2.05) is 54.0 Å². The zero-order valence-electron chi connectivity index (χ0n) is 15.8. The number of benzene rings is 1. The topological polar surface area (TPSA) is 73.0 Å². The Bertz CT molecular complexity index is 860. The van der Waals surface area contributed by atoms with Gasteiger partial charge in [0.2, 0.25) is 11.7 Å². The van der Waals surface area contributed by atoms with E-state index in [9.17, 15) is 4.79 Å². The predicted octanol–water partition coefficient (Wildman–Crippen LogP) is 4.17. The van der Waals surface area contributed by atoms with E-state index in [1.165, 1.54) is 11.8 Å². The standard InChI is InChI=1S/C20H24N4O2S/c1-14(2)11-12-21-19(25)15(3)27-20-23-22-18(17-10-7-13-26-17)24(20)16-8-5-4-6-9-16/h4-10,13-15H,11-12H2,1-3H3,(H,21,25). The van der Waals surface area contributed by atoms with Crippen LogP contribution in [-0.2, 0) is 4.79 Å². The molecular weight excluding hydrogens is 360 g/mol. The molecule has 0 fully saturated rings. The minimum absolute atomic E-state index is 0.00260. The van der Waals surface area contributed by atoms with Crippen LogP contribution in [0.2, 0.25) is 0 Å². The van der Waals surface area contributed by atoms with Gasteiger partial charge in [0.15, 0.2) is 10.9 Å². The average molecular weight is 385 g/mol. The Morgan fingerprint density at radius 2 is 1.93 bits per heavy atom. The van der Waals surface area contributed by atoms with Crippen LogP contribution in [0.15, 0.2) is 58.3 Å². The molecule has 3 aromatic rings. The summed E-state index contributed by atoms with van der Waals surface area (Å²) in [5.41, 5.74) is 0.920. The van der Waals surface area contributed by atoms with Crippen LogP contribution in [0.1, 0.15) is 27.2 Å². The molecule has 27 heavy (non-hydrogen) atoms.